The molecule has 158 valence electrons. The maximum Gasteiger partial charge on any atom is 0.228 e. The Morgan fingerprint density at radius 1 is 0.969 bits per heavy atom. The van der Waals surface area contributed by atoms with Crippen LogP contribution in [0.25, 0.3) is 0 Å². The average molecular weight is 422 g/mol. The predicted molar refractivity (Wildman–Crippen MR) is 124 cm³/mol. The molecule has 6 nitrogen and oxygen atoms in total. The molecule has 2 N–H and O–H groups in total. The third kappa shape index (κ3) is 4.03. The Bertz CT molecular complexity index is 1260. The maximum absolute atomic E-state index is 13.4. The molecule has 6 heteroatoms. The smallest absolute Gasteiger partial charge is 0.228 e. The van der Waals surface area contributed by atoms with Crippen molar-refractivity contribution >= 4 is 23.1 Å². The summed E-state index contributed by atoms with van der Waals surface area (Å²) in [6, 6.07) is 24.0. The highest BCUT2D eigenvalue weighted by Crippen LogP contribution is 2.30. The van der Waals surface area contributed by atoms with Gasteiger partial charge in [0.05, 0.1) is 13.0 Å². The molecule has 1 aliphatic heterocycles. The normalized spacial score (nSPS) is 14.4. The molecule has 5 rings (SSSR count). The number of para-hydroxylation sites is 1. The van der Waals surface area contributed by atoms with Crippen molar-refractivity contribution < 1.29 is 9.59 Å². The third-order valence-corrected chi connectivity index (χ3v) is 5.59. The molecular formula is C26H22N4O2. The Labute approximate surface area is 185 Å². The Hall–Kier alpha value is -4.19. The summed E-state index contributed by atoms with van der Waals surface area (Å²) in [4.78, 5) is 30.2. The molecule has 4 aromatic rings. The van der Waals surface area contributed by atoms with Crippen LogP contribution in [0.4, 0.5) is 11.4 Å². The average Bonchev–Trinajstić information content (AvgIpc) is 3.20. The van der Waals surface area contributed by atoms with E-state index in [4.69, 9.17) is 0 Å². The number of nitrogens with one attached hydrogen (secondary N) is 2. The van der Waals surface area contributed by atoms with Crippen LogP contribution in [-0.2, 0) is 17.8 Å². The van der Waals surface area contributed by atoms with Gasteiger partial charge in [-0.15, -0.1) is 0 Å². The number of carbonyl (C=O) groups is 2. The number of hydrogen-bond acceptors (Lipinski definition) is 4. The lowest BCUT2D eigenvalue weighted by molar-refractivity contribution is -0.115. The van der Waals surface area contributed by atoms with Crippen LogP contribution in [0.1, 0.15) is 33.4 Å². The monoisotopic (exact) mass is 422 g/mol. The third-order valence-electron chi connectivity index (χ3n) is 5.59. The fraction of sp³-hybridized carbons (Fsp3) is 0.115. The van der Waals surface area contributed by atoms with Crippen molar-refractivity contribution in [2.45, 2.75) is 19.0 Å². The van der Waals surface area contributed by atoms with Gasteiger partial charge < -0.3 is 15.2 Å². The Kier molecular flexibility index (Phi) is 5.25. The van der Waals surface area contributed by atoms with Gasteiger partial charge in [0, 0.05) is 29.3 Å². The van der Waals surface area contributed by atoms with E-state index in [1.807, 2.05) is 65.4 Å². The lowest BCUT2D eigenvalue weighted by atomic mass is 10.0. The number of nitrogens with zero attached hydrogens (tertiary/aromatic N) is 2. The first-order valence-corrected chi connectivity index (χ1v) is 10.5. The van der Waals surface area contributed by atoms with Crippen molar-refractivity contribution in [2.24, 2.45) is 0 Å². The topological polar surface area (TPSA) is 76.0 Å². The standard InChI is InChI=1S/C26H22N4O2/c31-23(16-18-6-2-1-3-7-18)28-21-12-10-19(11-13-21)25(32)24-26-27-14-15-30(26)17-20-8-4-5-9-22(20)29-24/h1-15,24,29H,16-17H2,(H,28,31). The van der Waals surface area contributed by atoms with Crippen molar-refractivity contribution in [1.29, 1.82) is 0 Å². The van der Waals surface area contributed by atoms with Crippen LogP contribution in [0.2, 0.25) is 0 Å². The van der Waals surface area contributed by atoms with Gasteiger partial charge in [-0.2, -0.15) is 0 Å². The second-order valence-corrected chi connectivity index (χ2v) is 7.80. The summed E-state index contributed by atoms with van der Waals surface area (Å²) in [6.45, 7) is 0.661. The first-order valence-electron chi connectivity index (χ1n) is 10.5. The van der Waals surface area contributed by atoms with E-state index >= 15 is 0 Å². The van der Waals surface area contributed by atoms with Crippen LogP contribution in [0.3, 0.4) is 0 Å². The van der Waals surface area contributed by atoms with E-state index in [0.717, 1.165) is 16.8 Å². The second kappa shape index (κ2) is 8.51. The fourth-order valence-corrected chi connectivity index (χ4v) is 3.97. The van der Waals surface area contributed by atoms with Gasteiger partial charge in [-0.1, -0.05) is 48.5 Å². The minimum absolute atomic E-state index is 0.0729. The quantitative estimate of drug-likeness (QED) is 0.466. The van der Waals surface area contributed by atoms with E-state index in [0.29, 0.717) is 30.0 Å². The molecule has 32 heavy (non-hydrogen) atoms. The zero-order valence-corrected chi connectivity index (χ0v) is 17.4. The molecule has 0 fully saturated rings. The van der Waals surface area contributed by atoms with Crippen LogP contribution < -0.4 is 10.6 Å². The molecule has 0 bridgehead atoms. The molecule has 1 unspecified atom stereocenters. The highest BCUT2D eigenvalue weighted by atomic mass is 16.1. The summed E-state index contributed by atoms with van der Waals surface area (Å²) >= 11 is 0. The number of aromatic nitrogens is 2. The highest BCUT2D eigenvalue weighted by Gasteiger charge is 2.29. The summed E-state index contributed by atoms with van der Waals surface area (Å²) in [5.41, 5.74) is 4.20. The van der Waals surface area contributed by atoms with Crippen molar-refractivity contribution in [3.8, 4) is 0 Å². The first kappa shape index (κ1) is 19.8. The van der Waals surface area contributed by atoms with Gasteiger partial charge in [0.25, 0.3) is 0 Å². The number of benzene rings is 3. The second-order valence-electron chi connectivity index (χ2n) is 7.80. The molecule has 3 aromatic carbocycles. The van der Waals surface area contributed by atoms with E-state index in [1.165, 1.54) is 0 Å². The molecular weight excluding hydrogens is 400 g/mol. The SMILES string of the molecule is O=C(Cc1ccccc1)Nc1ccc(C(=O)C2Nc3ccccc3Cn3ccnc32)cc1. The summed E-state index contributed by atoms with van der Waals surface area (Å²) < 4.78 is 2.00. The predicted octanol–water partition coefficient (Wildman–Crippen LogP) is 4.46. The number of fused-ring (bicyclic) bond motifs is 2. The molecule has 1 atom stereocenters. The van der Waals surface area contributed by atoms with Crippen LogP contribution in [0.5, 0.6) is 0 Å². The minimum Gasteiger partial charge on any atom is -0.369 e. The molecule has 0 spiro atoms. The molecule has 2 heterocycles. The molecule has 0 saturated carbocycles. The highest BCUT2D eigenvalue weighted by molar-refractivity contribution is 6.02. The number of Topliss-reactive ketones (excluding diaryl/α,β-unsaturated/α-hetero) is 1. The summed E-state index contributed by atoms with van der Waals surface area (Å²) in [5, 5.41) is 6.26. The van der Waals surface area contributed by atoms with Crippen molar-refractivity contribution in [3.63, 3.8) is 0 Å². The van der Waals surface area contributed by atoms with Gasteiger partial charge in [-0.25, -0.2) is 4.98 Å². The zero-order chi connectivity index (χ0) is 21.9. The van der Waals surface area contributed by atoms with Gasteiger partial charge in [0.1, 0.15) is 11.9 Å². The molecule has 0 aliphatic carbocycles. The van der Waals surface area contributed by atoms with E-state index in [2.05, 4.69) is 15.6 Å². The van der Waals surface area contributed by atoms with Gasteiger partial charge in [0.15, 0.2) is 5.78 Å². The molecule has 0 saturated heterocycles. The van der Waals surface area contributed by atoms with Gasteiger partial charge >= 0.3 is 0 Å². The number of carbonyl (C=O) groups excluding carboxylic acids is 2. The summed E-state index contributed by atoms with van der Waals surface area (Å²) in [6.07, 6.45) is 3.91. The van der Waals surface area contributed by atoms with Crippen LogP contribution in [-0.4, -0.2) is 21.2 Å². The Morgan fingerprint density at radius 3 is 2.53 bits per heavy atom. The van der Waals surface area contributed by atoms with Crippen molar-refractivity contribution in [2.75, 3.05) is 10.6 Å². The van der Waals surface area contributed by atoms with Gasteiger partial charge in [0.2, 0.25) is 5.91 Å². The molecule has 1 amide bonds. The van der Waals surface area contributed by atoms with Crippen LogP contribution in [0, 0.1) is 0 Å². The van der Waals surface area contributed by atoms with Crippen LogP contribution in [0.15, 0.2) is 91.3 Å². The van der Waals surface area contributed by atoms with E-state index in [9.17, 15) is 9.59 Å². The largest absolute Gasteiger partial charge is 0.369 e. The summed E-state index contributed by atoms with van der Waals surface area (Å²) in [7, 11) is 0. The van der Waals surface area contributed by atoms with E-state index in [-0.39, 0.29) is 11.7 Å². The van der Waals surface area contributed by atoms with Gasteiger partial charge in [-0.05, 0) is 41.5 Å². The Balaban J connectivity index is 1.33. The molecule has 1 aliphatic rings. The summed E-state index contributed by atoms with van der Waals surface area (Å²) in [5.74, 6) is 0.516. The maximum atomic E-state index is 13.4. The number of imidazole rings is 1. The first-order chi connectivity index (χ1) is 15.7. The van der Waals surface area contributed by atoms with Crippen molar-refractivity contribution in [3.05, 3.63) is 114 Å². The molecule has 1 aromatic heterocycles. The van der Waals surface area contributed by atoms with E-state index in [1.54, 1.807) is 30.5 Å². The lowest BCUT2D eigenvalue weighted by Gasteiger charge is -2.17. The van der Waals surface area contributed by atoms with Crippen LogP contribution >= 0.6 is 0 Å². The zero-order valence-electron chi connectivity index (χ0n) is 17.4. The number of ketones is 1. The number of hydrogen-bond donors (Lipinski definition) is 2. The van der Waals surface area contributed by atoms with Crippen molar-refractivity contribution in [1.82, 2.24) is 9.55 Å². The number of anilines is 2. The minimum atomic E-state index is -0.591. The van der Waals surface area contributed by atoms with E-state index < -0.39 is 6.04 Å². The lowest BCUT2D eigenvalue weighted by Crippen LogP contribution is -2.23. The number of rotatable bonds is 5. The Morgan fingerprint density at radius 2 is 1.72 bits per heavy atom. The van der Waals surface area contributed by atoms with Gasteiger partial charge in [-0.3, -0.25) is 9.59 Å². The number of amides is 1. The molecule has 0 radical (unpaired) electrons. The fourth-order valence-electron chi connectivity index (χ4n) is 3.97.